The fraction of sp³-hybridized carbons (Fsp3) is 0.235. The van der Waals surface area contributed by atoms with Gasteiger partial charge in [0, 0.05) is 11.3 Å². The third kappa shape index (κ3) is 3.22. The fourth-order valence-corrected chi connectivity index (χ4v) is 2.13. The zero-order valence-corrected chi connectivity index (χ0v) is 11.3. The maximum Gasteiger partial charge on any atom is 0.253 e. The summed E-state index contributed by atoms with van der Waals surface area (Å²) in [5, 5.41) is 0. The zero-order valence-electron chi connectivity index (χ0n) is 11.3. The Hall–Kier alpha value is -2.09. The van der Waals surface area contributed by atoms with Crippen LogP contribution < -0.4 is 5.56 Å². The molecule has 19 heavy (non-hydrogen) atoms. The van der Waals surface area contributed by atoms with Gasteiger partial charge in [0.15, 0.2) is 0 Å². The molecule has 1 heterocycles. The smallest absolute Gasteiger partial charge is 0.253 e. The van der Waals surface area contributed by atoms with Gasteiger partial charge in [0.2, 0.25) is 0 Å². The van der Waals surface area contributed by atoms with Crippen LogP contribution >= 0.6 is 0 Å². The predicted octanol–water partition coefficient (Wildman–Crippen LogP) is 3.32. The normalized spacial score (nSPS) is 10.4. The third-order valence-corrected chi connectivity index (χ3v) is 3.24. The van der Waals surface area contributed by atoms with Crippen LogP contribution in [0.5, 0.6) is 0 Å². The summed E-state index contributed by atoms with van der Waals surface area (Å²) in [5.74, 6) is 0. The predicted molar refractivity (Wildman–Crippen MR) is 79.5 cm³/mol. The van der Waals surface area contributed by atoms with Gasteiger partial charge in [-0.25, -0.2) is 0 Å². The number of hydrogen-bond donors (Lipinski definition) is 0. The molecule has 0 radical (unpaired) electrons. The highest BCUT2D eigenvalue weighted by Gasteiger charge is 2.06. The van der Waals surface area contributed by atoms with Crippen molar-refractivity contribution >= 4 is 0 Å². The van der Waals surface area contributed by atoms with Gasteiger partial charge in [0.25, 0.3) is 5.56 Å². The molecule has 0 aliphatic carbocycles. The maximum absolute atomic E-state index is 12.3. The molecular formula is C17H19NO. The van der Waals surface area contributed by atoms with E-state index in [0.717, 1.165) is 29.7 Å². The summed E-state index contributed by atoms with van der Waals surface area (Å²) in [6.45, 7) is 6.24. The number of benzene rings is 1. The van der Waals surface area contributed by atoms with Crippen LogP contribution in [0.4, 0.5) is 0 Å². The number of allylic oxidation sites excluding steroid dienone is 1. The number of aryl methyl sites for hydroxylation is 2. The van der Waals surface area contributed by atoms with Crippen LogP contribution in [0.25, 0.3) is 0 Å². The minimum Gasteiger partial charge on any atom is -0.308 e. The van der Waals surface area contributed by atoms with E-state index in [1.165, 1.54) is 0 Å². The first-order valence-corrected chi connectivity index (χ1v) is 6.56. The summed E-state index contributed by atoms with van der Waals surface area (Å²) in [6, 6.07) is 14.0. The molecule has 0 amide bonds. The van der Waals surface area contributed by atoms with E-state index >= 15 is 0 Å². The molecule has 0 bridgehead atoms. The van der Waals surface area contributed by atoms with E-state index in [1.54, 1.807) is 0 Å². The molecule has 2 aromatic rings. The lowest BCUT2D eigenvalue weighted by Crippen LogP contribution is -2.25. The lowest BCUT2D eigenvalue weighted by Gasteiger charge is -2.13. The zero-order chi connectivity index (χ0) is 13.7. The first-order valence-electron chi connectivity index (χ1n) is 6.56. The van der Waals surface area contributed by atoms with Crippen LogP contribution in [-0.4, -0.2) is 4.57 Å². The topological polar surface area (TPSA) is 22.0 Å². The molecule has 1 aromatic heterocycles. The third-order valence-electron chi connectivity index (χ3n) is 3.24. The fourth-order valence-electron chi connectivity index (χ4n) is 2.13. The van der Waals surface area contributed by atoms with E-state index in [-0.39, 0.29) is 5.56 Å². The number of rotatable bonds is 5. The molecule has 0 unspecified atom stereocenters. The Morgan fingerprint density at radius 2 is 1.89 bits per heavy atom. The monoisotopic (exact) mass is 253 g/mol. The second kappa shape index (κ2) is 6.19. The van der Waals surface area contributed by atoms with Gasteiger partial charge in [-0.05, 0) is 31.4 Å². The van der Waals surface area contributed by atoms with Crippen LogP contribution in [0, 0.1) is 6.92 Å². The van der Waals surface area contributed by atoms with Crippen molar-refractivity contribution in [1.82, 2.24) is 4.57 Å². The van der Waals surface area contributed by atoms with Gasteiger partial charge in [-0.1, -0.05) is 42.5 Å². The quantitative estimate of drug-likeness (QED) is 0.749. The number of pyridine rings is 1. The van der Waals surface area contributed by atoms with Gasteiger partial charge >= 0.3 is 0 Å². The second-order valence-electron chi connectivity index (χ2n) is 4.71. The van der Waals surface area contributed by atoms with Gasteiger partial charge in [-0.2, -0.15) is 0 Å². The Morgan fingerprint density at radius 1 is 1.16 bits per heavy atom. The van der Waals surface area contributed by atoms with Crippen molar-refractivity contribution in [3.63, 3.8) is 0 Å². The SMILES string of the molecule is C=CCCc1ccc(C)c(=O)n1Cc1ccccc1. The van der Waals surface area contributed by atoms with Crippen LogP contribution in [0.1, 0.15) is 23.2 Å². The van der Waals surface area contributed by atoms with Crippen LogP contribution in [-0.2, 0) is 13.0 Å². The van der Waals surface area contributed by atoms with Crippen molar-refractivity contribution in [2.24, 2.45) is 0 Å². The van der Waals surface area contributed by atoms with Gasteiger partial charge in [-0.15, -0.1) is 6.58 Å². The van der Waals surface area contributed by atoms with Gasteiger partial charge in [0.1, 0.15) is 0 Å². The highest BCUT2D eigenvalue weighted by molar-refractivity contribution is 5.20. The first-order chi connectivity index (χ1) is 9.22. The molecule has 2 nitrogen and oxygen atoms in total. The average molecular weight is 253 g/mol. The molecule has 98 valence electrons. The molecule has 2 heteroatoms. The Kier molecular flexibility index (Phi) is 4.35. The van der Waals surface area contributed by atoms with Gasteiger partial charge in [0.05, 0.1) is 6.54 Å². The van der Waals surface area contributed by atoms with Crippen molar-refractivity contribution < 1.29 is 0 Å². The van der Waals surface area contributed by atoms with Gasteiger partial charge < -0.3 is 4.57 Å². The Bertz CT molecular complexity index is 611. The van der Waals surface area contributed by atoms with Crippen LogP contribution in [0.2, 0.25) is 0 Å². The van der Waals surface area contributed by atoms with E-state index in [1.807, 2.05) is 60.0 Å². The summed E-state index contributed by atoms with van der Waals surface area (Å²) in [5.41, 5.74) is 3.11. The van der Waals surface area contributed by atoms with Crippen LogP contribution in [0.3, 0.4) is 0 Å². The minimum atomic E-state index is 0.102. The molecule has 0 saturated heterocycles. The maximum atomic E-state index is 12.3. The molecule has 0 saturated carbocycles. The van der Waals surface area contributed by atoms with Crippen molar-refractivity contribution in [3.05, 3.63) is 82.3 Å². The van der Waals surface area contributed by atoms with Crippen molar-refractivity contribution in [2.45, 2.75) is 26.3 Å². The number of hydrogen-bond acceptors (Lipinski definition) is 1. The molecule has 0 spiro atoms. The van der Waals surface area contributed by atoms with Crippen molar-refractivity contribution in [3.8, 4) is 0 Å². The molecule has 0 atom stereocenters. The number of nitrogens with zero attached hydrogens (tertiary/aromatic N) is 1. The molecule has 1 aromatic carbocycles. The minimum absolute atomic E-state index is 0.102. The molecule has 0 aliphatic heterocycles. The molecule has 2 rings (SSSR count). The lowest BCUT2D eigenvalue weighted by molar-refractivity contribution is 0.691. The number of aromatic nitrogens is 1. The molecule has 0 fully saturated rings. The average Bonchev–Trinajstić information content (AvgIpc) is 2.44. The summed E-state index contributed by atoms with van der Waals surface area (Å²) < 4.78 is 1.87. The van der Waals surface area contributed by atoms with Gasteiger partial charge in [-0.3, -0.25) is 4.79 Å². The summed E-state index contributed by atoms with van der Waals surface area (Å²) in [4.78, 5) is 12.3. The standard InChI is InChI=1S/C17H19NO/c1-3-4-10-16-12-11-14(2)17(19)18(16)13-15-8-6-5-7-9-15/h3,5-9,11-12H,1,4,10,13H2,2H3. The van der Waals surface area contributed by atoms with E-state index in [4.69, 9.17) is 0 Å². The summed E-state index contributed by atoms with van der Waals surface area (Å²) in [6.07, 6.45) is 3.63. The van der Waals surface area contributed by atoms with Crippen LogP contribution in [0.15, 0.2) is 59.9 Å². The molecular weight excluding hydrogens is 234 g/mol. The Balaban J connectivity index is 2.38. The van der Waals surface area contributed by atoms with E-state index in [2.05, 4.69) is 6.58 Å². The lowest BCUT2D eigenvalue weighted by atomic mass is 10.1. The van der Waals surface area contributed by atoms with E-state index in [9.17, 15) is 4.79 Å². The Morgan fingerprint density at radius 3 is 2.58 bits per heavy atom. The Labute approximate surface area is 114 Å². The second-order valence-corrected chi connectivity index (χ2v) is 4.71. The summed E-state index contributed by atoms with van der Waals surface area (Å²) >= 11 is 0. The highest BCUT2D eigenvalue weighted by Crippen LogP contribution is 2.07. The van der Waals surface area contributed by atoms with E-state index in [0.29, 0.717) is 6.54 Å². The van der Waals surface area contributed by atoms with Crippen molar-refractivity contribution in [2.75, 3.05) is 0 Å². The van der Waals surface area contributed by atoms with E-state index < -0.39 is 0 Å². The molecule has 0 N–H and O–H groups in total. The summed E-state index contributed by atoms with van der Waals surface area (Å²) in [7, 11) is 0. The van der Waals surface area contributed by atoms with Crippen molar-refractivity contribution in [1.29, 1.82) is 0 Å². The largest absolute Gasteiger partial charge is 0.308 e. The first kappa shape index (κ1) is 13.3. The molecule has 0 aliphatic rings. The highest BCUT2D eigenvalue weighted by atomic mass is 16.1.